The molecule has 1 aromatic heterocycles. The maximum Gasteiger partial charge on any atom is 0.149 e. The van der Waals surface area contributed by atoms with Crippen molar-refractivity contribution in [1.29, 1.82) is 0 Å². The lowest BCUT2D eigenvalue weighted by atomic mass is 9.79. The lowest BCUT2D eigenvalue weighted by Crippen LogP contribution is -2.32. The molecule has 2 aromatic carbocycles. The minimum absolute atomic E-state index is 0.0948. The number of rotatable bonds is 6. The van der Waals surface area contributed by atoms with E-state index in [0.29, 0.717) is 13.0 Å². The summed E-state index contributed by atoms with van der Waals surface area (Å²) in [5.41, 5.74) is 6.53. The molecule has 1 aliphatic rings. The quantitative estimate of drug-likeness (QED) is 0.636. The number of para-hydroxylation sites is 1. The van der Waals surface area contributed by atoms with Crippen molar-refractivity contribution < 1.29 is 14.4 Å². The number of ether oxygens (including phenoxy) is 1. The summed E-state index contributed by atoms with van der Waals surface area (Å²) < 4.78 is 6.09. The first-order valence-electron chi connectivity index (χ1n) is 10.4. The molecule has 1 N–H and O–H groups in total. The molecule has 0 saturated carbocycles. The van der Waals surface area contributed by atoms with Gasteiger partial charge in [0.1, 0.15) is 23.7 Å². The highest BCUT2D eigenvalue weighted by molar-refractivity contribution is 5.82. The number of hydrogen-bond donors (Lipinski definition) is 1. The number of aromatic nitrogens is 1. The first kappa shape index (κ1) is 20.5. The van der Waals surface area contributed by atoms with E-state index in [0.717, 1.165) is 33.5 Å². The van der Waals surface area contributed by atoms with Crippen LogP contribution < -0.4 is 10.2 Å². The van der Waals surface area contributed by atoms with Crippen molar-refractivity contribution in [2.45, 2.75) is 52.4 Å². The number of benzene rings is 2. The van der Waals surface area contributed by atoms with E-state index < -0.39 is 5.60 Å². The normalized spacial score (nSPS) is 21.3. The molecule has 2 heterocycles. The highest BCUT2D eigenvalue weighted by Crippen LogP contribution is 2.41. The molecular weight excluding hydrogens is 376 g/mol. The third-order valence-electron chi connectivity index (χ3n) is 5.98. The standard InChI is InChI=1S/C25H28N2O3/c1-16(2)25(14-24(18(4)28)27-30-25)20-9-11-21(12-10-20)29-15-19-13-17(3)26-23-8-6-5-7-22(19)23/h5-13,16,24,27H,14-15H2,1-4H3. The Bertz CT molecular complexity index is 1060. The van der Waals surface area contributed by atoms with E-state index in [1.165, 1.54) is 0 Å². The number of nitrogens with zero attached hydrogens (tertiary/aromatic N) is 1. The number of hydrogen-bond acceptors (Lipinski definition) is 5. The molecule has 1 saturated heterocycles. The van der Waals surface area contributed by atoms with E-state index in [4.69, 9.17) is 9.57 Å². The Morgan fingerprint density at radius 2 is 1.97 bits per heavy atom. The van der Waals surface area contributed by atoms with Crippen molar-refractivity contribution in [3.8, 4) is 5.75 Å². The second kappa shape index (κ2) is 8.17. The van der Waals surface area contributed by atoms with Crippen LogP contribution in [0, 0.1) is 12.8 Å². The fourth-order valence-electron chi connectivity index (χ4n) is 4.16. The lowest BCUT2D eigenvalue weighted by Gasteiger charge is -2.32. The maximum atomic E-state index is 11.8. The summed E-state index contributed by atoms with van der Waals surface area (Å²) in [6.07, 6.45) is 0.627. The molecule has 2 unspecified atom stereocenters. The van der Waals surface area contributed by atoms with E-state index in [1.807, 2.05) is 49.4 Å². The van der Waals surface area contributed by atoms with Crippen LogP contribution in [0.3, 0.4) is 0 Å². The summed E-state index contributed by atoms with van der Waals surface area (Å²) >= 11 is 0. The Balaban J connectivity index is 1.53. The van der Waals surface area contributed by atoms with Gasteiger partial charge in [-0.15, -0.1) is 0 Å². The Kier molecular flexibility index (Phi) is 5.58. The highest BCUT2D eigenvalue weighted by atomic mass is 16.7. The number of hydroxylamine groups is 1. The molecule has 1 aliphatic heterocycles. The molecule has 0 bridgehead atoms. The van der Waals surface area contributed by atoms with E-state index >= 15 is 0 Å². The van der Waals surface area contributed by atoms with Gasteiger partial charge in [-0.3, -0.25) is 14.6 Å². The van der Waals surface area contributed by atoms with Crippen LogP contribution >= 0.6 is 0 Å². The van der Waals surface area contributed by atoms with Crippen molar-refractivity contribution in [2.24, 2.45) is 5.92 Å². The minimum atomic E-state index is -0.521. The Morgan fingerprint density at radius 3 is 2.63 bits per heavy atom. The monoisotopic (exact) mass is 404 g/mol. The van der Waals surface area contributed by atoms with Crippen molar-refractivity contribution in [3.63, 3.8) is 0 Å². The molecule has 0 spiro atoms. The predicted molar refractivity (Wildman–Crippen MR) is 117 cm³/mol. The molecule has 0 aliphatic carbocycles. The number of ketones is 1. The molecule has 0 radical (unpaired) electrons. The second-order valence-corrected chi connectivity index (χ2v) is 8.38. The Morgan fingerprint density at radius 1 is 1.23 bits per heavy atom. The molecule has 30 heavy (non-hydrogen) atoms. The number of carbonyl (C=O) groups is 1. The number of nitrogens with one attached hydrogen (secondary N) is 1. The zero-order valence-corrected chi connectivity index (χ0v) is 17.9. The van der Waals surface area contributed by atoms with Crippen molar-refractivity contribution in [3.05, 3.63) is 71.4 Å². The summed E-state index contributed by atoms with van der Waals surface area (Å²) in [6, 6.07) is 17.9. The van der Waals surface area contributed by atoms with Crippen LogP contribution in [0.25, 0.3) is 10.9 Å². The first-order chi connectivity index (χ1) is 14.4. The van der Waals surface area contributed by atoms with Gasteiger partial charge in [-0.1, -0.05) is 44.2 Å². The van der Waals surface area contributed by atoms with Crippen LogP contribution in [0.5, 0.6) is 5.75 Å². The van der Waals surface area contributed by atoms with Gasteiger partial charge in [0.05, 0.1) is 11.6 Å². The van der Waals surface area contributed by atoms with Crippen molar-refractivity contribution >= 4 is 16.7 Å². The van der Waals surface area contributed by atoms with Gasteiger partial charge in [0.2, 0.25) is 0 Å². The van der Waals surface area contributed by atoms with Gasteiger partial charge in [-0.2, -0.15) is 5.48 Å². The lowest BCUT2D eigenvalue weighted by molar-refractivity contribution is -0.121. The number of aryl methyl sites for hydroxylation is 1. The molecule has 5 heteroatoms. The average molecular weight is 405 g/mol. The van der Waals surface area contributed by atoms with Crippen LogP contribution in [-0.2, 0) is 21.8 Å². The predicted octanol–water partition coefficient (Wildman–Crippen LogP) is 4.86. The van der Waals surface area contributed by atoms with Crippen LogP contribution in [0.4, 0.5) is 0 Å². The highest BCUT2D eigenvalue weighted by Gasteiger charge is 2.46. The maximum absolute atomic E-state index is 11.8. The molecule has 156 valence electrons. The van der Waals surface area contributed by atoms with Crippen molar-refractivity contribution in [1.82, 2.24) is 10.5 Å². The van der Waals surface area contributed by atoms with Crippen LogP contribution in [0.2, 0.25) is 0 Å². The third-order valence-corrected chi connectivity index (χ3v) is 5.98. The van der Waals surface area contributed by atoms with E-state index in [9.17, 15) is 4.79 Å². The van der Waals surface area contributed by atoms with E-state index in [1.54, 1.807) is 6.92 Å². The molecular formula is C25H28N2O3. The number of pyridine rings is 1. The van der Waals surface area contributed by atoms with Crippen LogP contribution in [-0.4, -0.2) is 16.8 Å². The Labute approximate surface area is 177 Å². The number of Topliss-reactive ketones (excluding diaryl/α,β-unsaturated/α-hetero) is 1. The molecule has 0 amide bonds. The molecule has 3 aromatic rings. The smallest absolute Gasteiger partial charge is 0.149 e. The van der Waals surface area contributed by atoms with Gasteiger partial charge in [0.15, 0.2) is 0 Å². The van der Waals surface area contributed by atoms with Gasteiger partial charge in [0.25, 0.3) is 0 Å². The fraction of sp³-hybridized carbons (Fsp3) is 0.360. The molecule has 4 rings (SSSR count). The fourth-order valence-corrected chi connectivity index (χ4v) is 4.16. The largest absolute Gasteiger partial charge is 0.489 e. The summed E-state index contributed by atoms with van der Waals surface area (Å²) in [5, 5.41) is 1.11. The Hall–Kier alpha value is -2.76. The summed E-state index contributed by atoms with van der Waals surface area (Å²) in [7, 11) is 0. The van der Waals surface area contributed by atoms with Gasteiger partial charge in [0, 0.05) is 23.1 Å². The van der Waals surface area contributed by atoms with E-state index in [-0.39, 0.29) is 17.7 Å². The summed E-state index contributed by atoms with van der Waals surface area (Å²) in [5.74, 6) is 1.11. The summed E-state index contributed by atoms with van der Waals surface area (Å²) in [4.78, 5) is 22.4. The van der Waals surface area contributed by atoms with Gasteiger partial charge in [-0.05, 0) is 49.6 Å². The number of fused-ring (bicyclic) bond motifs is 1. The second-order valence-electron chi connectivity index (χ2n) is 8.38. The SMILES string of the molecule is CC(=O)C1CC(c2ccc(OCc3cc(C)nc4ccccc34)cc2)(C(C)C)ON1. The summed E-state index contributed by atoms with van der Waals surface area (Å²) in [6.45, 7) is 8.30. The topological polar surface area (TPSA) is 60.5 Å². The van der Waals surface area contributed by atoms with Gasteiger partial charge < -0.3 is 4.74 Å². The van der Waals surface area contributed by atoms with Crippen molar-refractivity contribution in [2.75, 3.05) is 0 Å². The minimum Gasteiger partial charge on any atom is -0.489 e. The average Bonchev–Trinajstić information content (AvgIpc) is 3.19. The molecule has 5 nitrogen and oxygen atoms in total. The first-order valence-corrected chi connectivity index (χ1v) is 10.4. The third kappa shape index (κ3) is 3.83. The van der Waals surface area contributed by atoms with E-state index in [2.05, 4.69) is 36.4 Å². The molecule has 2 atom stereocenters. The zero-order valence-electron chi connectivity index (χ0n) is 17.9. The van der Waals surface area contributed by atoms with Gasteiger partial charge in [-0.25, -0.2) is 0 Å². The van der Waals surface area contributed by atoms with Crippen LogP contribution in [0.15, 0.2) is 54.6 Å². The van der Waals surface area contributed by atoms with Gasteiger partial charge >= 0.3 is 0 Å². The van der Waals surface area contributed by atoms with Crippen LogP contribution in [0.1, 0.15) is 44.0 Å². The number of carbonyl (C=O) groups excluding carboxylic acids is 1. The zero-order chi connectivity index (χ0) is 21.3. The molecule has 1 fully saturated rings.